The summed E-state index contributed by atoms with van der Waals surface area (Å²) in [4.78, 5) is 28.2. The molecule has 0 atom stereocenters. The van der Waals surface area contributed by atoms with E-state index in [1.165, 1.54) is 11.1 Å². The van der Waals surface area contributed by atoms with Gasteiger partial charge in [0, 0.05) is 36.7 Å². The number of piperidine rings is 1. The second-order valence-corrected chi connectivity index (χ2v) is 9.52. The van der Waals surface area contributed by atoms with Crippen LogP contribution in [0, 0.1) is 5.92 Å². The van der Waals surface area contributed by atoms with Crippen LogP contribution < -0.4 is 20.9 Å². The van der Waals surface area contributed by atoms with Gasteiger partial charge in [-0.15, -0.1) is 0 Å². The summed E-state index contributed by atoms with van der Waals surface area (Å²) in [5, 5.41) is 8.82. The molecule has 1 saturated heterocycles. The van der Waals surface area contributed by atoms with Crippen molar-refractivity contribution in [2.75, 3.05) is 35.2 Å². The quantitative estimate of drug-likeness (QED) is 0.362. The summed E-state index contributed by atoms with van der Waals surface area (Å²) in [5.74, 6) is 0.569. The Morgan fingerprint density at radius 1 is 0.861 bits per heavy atom. The maximum absolute atomic E-state index is 13.3. The van der Waals surface area contributed by atoms with Gasteiger partial charge in [-0.25, -0.2) is 4.79 Å². The molecule has 6 nitrogen and oxygen atoms in total. The van der Waals surface area contributed by atoms with E-state index in [-0.39, 0.29) is 11.9 Å². The normalized spacial score (nSPS) is 13.8. The number of rotatable bonds is 8. The fourth-order valence-corrected chi connectivity index (χ4v) is 4.50. The second kappa shape index (κ2) is 12.2. The van der Waals surface area contributed by atoms with Gasteiger partial charge in [0.2, 0.25) is 0 Å². The summed E-state index contributed by atoms with van der Waals surface area (Å²) < 4.78 is 0. The number of hydrogen-bond acceptors (Lipinski definition) is 3. The molecule has 4 rings (SSSR count). The molecule has 0 aromatic heterocycles. The van der Waals surface area contributed by atoms with E-state index >= 15 is 0 Å². The lowest BCUT2D eigenvalue weighted by atomic mass is 9.97. The summed E-state index contributed by atoms with van der Waals surface area (Å²) in [7, 11) is 0. The molecule has 0 bridgehead atoms. The standard InChI is InChI=1S/C30H36N4O2/c1-3-23-9-11-25(12-10-23)32-30(36)33-26-13-14-28(34-19-16-22(2)17-20-34)27(21-26)29(35)31-18-15-24-7-5-4-6-8-24/h4-14,21-22H,3,15-20H2,1-2H3,(H,31,35)(H2,32,33,36). The molecule has 3 N–H and O–H groups in total. The van der Waals surface area contributed by atoms with Crippen molar-refractivity contribution in [1.82, 2.24) is 5.32 Å². The number of benzene rings is 3. The van der Waals surface area contributed by atoms with Crippen LogP contribution in [0.25, 0.3) is 0 Å². The number of hydrogen-bond donors (Lipinski definition) is 3. The highest BCUT2D eigenvalue weighted by Gasteiger charge is 2.22. The van der Waals surface area contributed by atoms with Gasteiger partial charge in [-0.05, 0) is 73.1 Å². The fourth-order valence-electron chi connectivity index (χ4n) is 4.50. The third kappa shape index (κ3) is 6.87. The zero-order valence-corrected chi connectivity index (χ0v) is 21.2. The molecule has 6 heteroatoms. The number of amides is 3. The molecule has 0 aliphatic carbocycles. The molecule has 0 spiro atoms. The van der Waals surface area contributed by atoms with Gasteiger partial charge in [0.05, 0.1) is 5.56 Å². The predicted molar refractivity (Wildman–Crippen MR) is 148 cm³/mol. The highest BCUT2D eigenvalue weighted by molar-refractivity contribution is 6.04. The van der Waals surface area contributed by atoms with E-state index < -0.39 is 0 Å². The van der Waals surface area contributed by atoms with Crippen molar-refractivity contribution in [3.05, 3.63) is 89.5 Å². The van der Waals surface area contributed by atoms with Crippen molar-refractivity contribution in [2.45, 2.75) is 39.5 Å². The SMILES string of the molecule is CCc1ccc(NC(=O)Nc2ccc(N3CCC(C)CC3)c(C(=O)NCCc3ccccc3)c2)cc1. The number of aryl methyl sites for hydroxylation is 1. The number of nitrogens with one attached hydrogen (secondary N) is 3. The first kappa shape index (κ1) is 25.3. The third-order valence-electron chi connectivity index (χ3n) is 6.79. The van der Waals surface area contributed by atoms with Gasteiger partial charge in [0.15, 0.2) is 0 Å². The smallest absolute Gasteiger partial charge is 0.323 e. The van der Waals surface area contributed by atoms with Gasteiger partial charge < -0.3 is 20.9 Å². The summed E-state index contributed by atoms with van der Waals surface area (Å²) in [6.45, 7) is 6.76. The second-order valence-electron chi connectivity index (χ2n) is 9.52. The van der Waals surface area contributed by atoms with Crippen molar-refractivity contribution in [3.63, 3.8) is 0 Å². The Kier molecular flexibility index (Phi) is 8.61. The van der Waals surface area contributed by atoms with Gasteiger partial charge in [-0.3, -0.25) is 4.79 Å². The number of anilines is 3. The van der Waals surface area contributed by atoms with E-state index in [2.05, 4.69) is 46.8 Å². The van der Waals surface area contributed by atoms with Crippen LogP contribution >= 0.6 is 0 Å². The molecule has 1 heterocycles. The van der Waals surface area contributed by atoms with Crippen molar-refractivity contribution in [1.29, 1.82) is 0 Å². The average Bonchev–Trinajstić information content (AvgIpc) is 2.90. The van der Waals surface area contributed by atoms with E-state index in [1.54, 1.807) is 6.07 Å². The molecule has 3 amide bonds. The largest absolute Gasteiger partial charge is 0.371 e. The molecular weight excluding hydrogens is 448 g/mol. The van der Waals surface area contributed by atoms with Crippen molar-refractivity contribution < 1.29 is 9.59 Å². The first-order valence-electron chi connectivity index (χ1n) is 12.9. The number of carbonyl (C=O) groups is 2. The van der Waals surface area contributed by atoms with Crippen molar-refractivity contribution in [3.8, 4) is 0 Å². The van der Waals surface area contributed by atoms with Gasteiger partial charge in [-0.2, -0.15) is 0 Å². The Labute approximate surface area is 214 Å². The lowest BCUT2D eigenvalue weighted by molar-refractivity contribution is 0.0954. The van der Waals surface area contributed by atoms with E-state index in [1.807, 2.05) is 54.6 Å². The number of urea groups is 1. The number of nitrogens with zero attached hydrogens (tertiary/aromatic N) is 1. The van der Waals surface area contributed by atoms with E-state index in [0.717, 1.165) is 50.1 Å². The molecular formula is C30H36N4O2. The fraction of sp³-hybridized carbons (Fsp3) is 0.333. The first-order chi connectivity index (χ1) is 17.5. The molecule has 0 saturated carbocycles. The van der Waals surface area contributed by atoms with Crippen molar-refractivity contribution in [2.24, 2.45) is 5.92 Å². The maximum Gasteiger partial charge on any atom is 0.323 e. The van der Waals surface area contributed by atoms with E-state index in [0.29, 0.717) is 23.7 Å². The van der Waals surface area contributed by atoms with Crippen LogP contribution in [0.3, 0.4) is 0 Å². The van der Waals surface area contributed by atoms with E-state index in [4.69, 9.17) is 0 Å². The molecule has 1 aliphatic rings. The monoisotopic (exact) mass is 484 g/mol. The van der Waals surface area contributed by atoms with Crippen LogP contribution in [-0.2, 0) is 12.8 Å². The molecule has 3 aromatic rings. The molecule has 36 heavy (non-hydrogen) atoms. The Balaban J connectivity index is 1.46. The lowest BCUT2D eigenvalue weighted by Crippen LogP contribution is -2.35. The highest BCUT2D eigenvalue weighted by atomic mass is 16.2. The summed E-state index contributed by atoms with van der Waals surface area (Å²) in [6.07, 6.45) is 3.92. The predicted octanol–water partition coefficient (Wildman–Crippen LogP) is 6.10. The topological polar surface area (TPSA) is 73.5 Å². The van der Waals surface area contributed by atoms with Crippen LogP contribution in [0.1, 0.15) is 48.2 Å². The molecule has 0 unspecified atom stereocenters. The zero-order valence-electron chi connectivity index (χ0n) is 21.2. The molecule has 1 aliphatic heterocycles. The Bertz CT molecular complexity index is 1150. The van der Waals surface area contributed by atoms with Crippen LogP contribution in [0.5, 0.6) is 0 Å². The minimum Gasteiger partial charge on any atom is -0.371 e. The molecule has 3 aromatic carbocycles. The average molecular weight is 485 g/mol. The summed E-state index contributed by atoms with van der Waals surface area (Å²) in [6, 6.07) is 23.2. The molecule has 0 radical (unpaired) electrons. The molecule has 1 fully saturated rings. The van der Waals surface area contributed by atoms with Crippen LogP contribution in [0.2, 0.25) is 0 Å². The zero-order chi connectivity index (χ0) is 25.3. The Morgan fingerprint density at radius 2 is 1.53 bits per heavy atom. The Hall–Kier alpha value is -3.80. The Morgan fingerprint density at radius 3 is 2.22 bits per heavy atom. The van der Waals surface area contributed by atoms with Gasteiger partial charge >= 0.3 is 6.03 Å². The lowest BCUT2D eigenvalue weighted by Gasteiger charge is -2.33. The number of carbonyl (C=O) groups excluding carboxylic acids is 2. The van der Waals surface area contributed by atoms with Crippen LogP contribution in [0.15, 0.2) is 72.8 Å². The van der Waals surface area contributed by atoms with Gasteiger partial charge in [0.1, 0.15) is 0 Å². The van der Waals surface area contributed by atoms with Crippen molar-refractivity contribution >= 4 is 29.0 Å². The van der Waals surface area contributed by atoms with Gasteiger partial charge in [-0.1, -0.05) is 56.3 Å². The van der Waals surface area contributed by atoms with Crippen LogP contribution in [-0.4, -0.2) is 31.6 Å². The first-order valence-corrected chi connectivity index (χ1v) is 12.9. The minimum atomic E-state index is -0.339. The highest BCUT2D eigenvalue weighted by Crippen LogP contribution is 2.29. The minimum absolute atomic E-state index is 0.126. The van der Waals surface area contributed by atoms with E-state index in [9.17, 15) is 9.59 Å². The summed E-state index contributed by atoms with van der Waals surface area (Å²) >= 11 is 0. The maximum atomic E-state index is 13.3. The van der Waals surface area contributed by atoms with Crippen LogP contribution in [0.4, 0.5) is 21.9 Å². The van der Waals surface area contributed by atoms with Gasteiger partial charge in [0.25, 0.3) is 5.91 Å². The summed E-state index contributed by atoms with van der Waals surface area (Å²) in [5.41, 5.74) is 5.21. The molecule has 188 valence electrons. The third-order valence-corrected chi connectivity index (χ3v) is 6.79.